The Labute approximate surface area is 95.6 Å². The maximum atomic E-state index is 9.22. The van der Waals surface area contributed by atoms with E-state index in [1.165, 1.54) is 6.92 Å². The van der Waals surface area contributed by atoms with E-state index >= 15 is 0 Å². The van der Waals surface area contributed by atoms with Gasteiger partial charge in [-0.3, -0.25) is 4.79 Å². The Kier molecular flexibility index (Phi) is 45.7. The van der Waals surface area contributed by atoms with E-state index in [-0.39, 0.29) is 14.3 Å². The molecule has 0 rings (SSSR count). The number of hydrogen-bond acceptors (Lipinski definition) is 1. The average Bonchev–Trinajstić information content (AvgIpc) is 2.15. The first-order chi connectivity index (χ1) is 6.65. The summed E-state index contributed by atoms with van der Waals surface area (Å²) in [7, 11) is 0. The SMILES string of the molecule is CC.CC#CC#CC#CC.CC(N)=O.[B]. The van der Waals surface area contributed by atoms with Crippen molar-refractivity contribution in [3.8, 4) is 35.5 Å². The lowest BCUT2D eigenvalue weighted by Crippen LogP contribution is -2.01. The number of primary amides is 1. The molecule has 2 N–H and O–H groups in total. The van der Waals surface area contributed by atoms with Gasteiger partial charge in [-0.25, -0.2) is 0 Å². The predicted molar refractivity (Wildman–Crippen MR) is 66.6 cm³/mol. The van der Waals surface area contributed by atoms with Crippen molar-refractivity contribution in [3.05, 3.63) is 0 Å². The molecule has 0 spiro atoms. The molecule has 0 aromatic carbocycles. The fourth-order valence-electron chi connectivity index (χ4n) is 0.188. The zero-order chi connectivity index (χ0) is 11.8. The van der Waals surface area contributed by atoms with Crippen molar-refractivity contribution < 1.29 is 4.79 Å². The van der Waals surface area contributed by atoms with Crippen molar-refractivity contribution in [1.29, 1.82) is 0 Å². The van der Waals surface area contributed by atoms with Gasteiger partial charge in [0.25, 0.3) is 0 Å². The summed E-state index contributed by atoms with van der Waals surface area (Å²) < 4.78 is 0. The number of amides is 1. The molecule has 0 aliphatic carbocycles. The Morgan fingerprint density at radius 3 is 1.27 bits per heavy atom. The molecule has 1 amide bonds. The molecule has 0 saturated carbocycles. The van der Waals surface area contributed by atoms with Crippen molar-refractivity contribution in [3.63, 3.8) is 0 Å². The standard InChI is InChI=1S/C8H6.C2H5NO.C2H6.B/c1-3-5-7-8-6-4-2;1-2(3)4;1-2;/h1-2H3;1H3,(H2,3,4);1-2H3;. The molecule has 3 heteroatoms. The van der Waals surface area contributed by atoms with Crippen molar-refractivity contribution in [2.24, 2.45) is 5.73 Å². The third-order valence-corrected chi connectivity index (χ3v) is 0.438. The highest BCUT2D eigenvalue weighted by atomic mass is 16.1. The summed E-state index contributed by atoms with van der Waals surface area (Å²) in [5.41, 5.74) is 4.47. The van der Waals surface area contributed by atoms with Crippen LogP contribution in [-0.2, 0) is 4.79 Å². The molecular formula is C12H17BNO. The first kappa shape index (κ1) is 23.2. The molecule has 0 atom stereocenters. The molecule has 79 valence electrons. The van der Waals surface area contributed by atoms with Crippen molar-refractivity contribution >= 4 is 14.3 Å². The summed E-state index contributed by atoms with van der Waals surface area (Å²) in [6.07, 6.45) is 0. The second-order valence-electron chi connectivity index (χ2n) is 1.61. The largest absolute Gasteiger partial charge is 0.370 e. The Morgan fingerprint density at radius 1 is 0.933 bits per heavy atom. The Balaban J connectivity index is -0.0000000742. The van der Waals surface area contributed by atoms with Gasteiger partial charge in [0.05, 0.1) is 0 Å². The molecule has 3 radical (unpaired) electrons. The molecule has 15 heavy (non-hydrogen) atoms. The van der Waals surface area contributed by atoms with Gasteiger partial charge in [0.2, 0.25) is 5.91 Å². The highest BCUT2D eigenvalue weighted by molar-refractivity contribution is 5.75. The second-order valence-corrected chi connectivity index (χ2v) is 1.61. The number of hydrogen-bond donors (Lipinski definition) is 1. The van der Waals surface area contributed by atoms with E-state index in [4.69, 9.17) is 0 Å². The summed E-state index contributed by atoms with van der Waals surface area (Å²) >= 11 is 0. The lowest BCUT2D eigenvalue weighted by atomic mass is 10.5. The summed E-state index contributed by atoms with van der Waals surface area (Å²) in [5, 5.41) is 0. The van der Waals surface area contributed by atoms with Crippen LogP contribution >= 0.6 is 0 Å². The van der Waals surface area contributed by atoms with Gasteiger partial charge in [-0.15, -0.1) is 0 Å². The minimum atomic E-state index is -0.333. The molecule has 0 aliphatic rings. The molecule has 0 unspecified atom stereocenters. The van der Waals surface area contributed by atoms with Gasteiger partial charge >= 0.3 is 0 Å². The third-order valence-electron chi connectivity index (χ3n) is 0.438. The number of carbonyl (C=O) groups excluding carboxylic acids is 1. The van der Waals surface area contributed by atoms with Crippen LogP contribution in [0.15, 0.2) is 0 Å². The quantitative estimate of drug-likeness (QED) is 0.465. The molecule has 0 aliphatic heterocycles. The van der Waals surface area contributed by atoms with Gasteiger partial charge in [-0.1, -0.05) is 25.7 Å². The Morgan fingerprint density at radius 2 is 1.13 bits per heavy atom. The fraction of sp³-hybridized carbons (Fsp3) is 0.417. The van der Waals surface area contributed by atoms with E-state index in [1.54, 1.807) is 13.8 Å². The summed E-state index contributed by atoms with van der Waals surface area (Å²) in [6.45, 7) is 8.79. The van der Waals surface area contributed by atoms with E-state index in [1.807, 2.05) is 13.8 Å². The molecule has 0 fully saturated rings. The van der Waals surface area contributed by atoms with E-state index in [0.717, 1.165) is 0 Å². The number of nitrogens with two attached hydrogens (primary N) is 1. The van der Waals surface area contributed by atoms with Gasteiger partial charge in [0.15, 0.2) is 0 Å². The first-order valence-electron chi connectivity index (χ1n) is 4.24. The Bertz CT molecular complexity index is 274. The fourth-order valence-corrected chi connectivity index (χ4v) is 0.188. The monoisotopic (exact) mass is 202 g/mol. The lowest BCUT2D eigenvalue weighted by molar-refractivity contribution is -0.115. The highest BCUT2D eigenvalue weighted by Gasteiger charge is 1.61. The van der Waals surface area contributed by atoms with Gasteiger partial charge < -0.3 is 5.73 Å². The lowest BCUT2D eigenvalue weighted by Gasteiger charge is -1.60. The van der Waals surface area contributed by atoms with Crippen LogP contribution in [0, 0.1) is 35.5 Å². The van der Waals surface area contributed by atoms with Crippen molar-refractivity contribution in [2.75, 3.05) is 0 Å². The molecule has 0 bridgehead atoms. The zero-order valence-electron chi connectivity index (χ0n) is 10.1. The van der Waals surface area contributed by atoms with Gasteiger partial charge in [0.1, 0.15) is 0 Å². The average molecular weight is 202 g/mol. The summed E-state index contributed by atoms with van der Waals surface area (Å²) in [4.78, 5) is 9.22. The van der Waals surface area contributed by atoms with E-state index in [9.17, 15) is 4.79 Å². The third kappa shape index (κ3) is 123. The first-order valence-corrected chi connectivity index (χ1v) is 4.24. The van der Waals surface area contributed by atoms with Crippen LogP contribution in [0.4, 0.5) is 0 Å². The smallest absolute Gasteiger partial charge is 0.214 e. The normalized spacial score (nSPS) is 4.07. The number of carbonyl (C=O) groups is 1. The molecule has 0 aromatic heterocycles. The van der Waals surface area contributed by atoms with E-state index in [0.29, 0.717) is 0 Å². The maximum absolute atomic E-state index is 9.22. The molecule has 2 nitrogen and oxygen atoms in total. The van der Waals surface area contributed by atoms with Crippen LogP contribution in [0.3, 0.4) is 0 Å². The van der Waals surface area contributed by atoms with Gasteiger partial charge in [-0.05, 0) is 37.5 Å². The van der Waals surface area contributed by atoms with Crippen LogP contribution < -0.4 is 5.73 Å². The maximum Gasteiger partial charge on any atom is 0.214 e. The molecular weight excluding hydrogens is 185 g/mol. The van der Waals surface area contributed by atoms with Crippen LogP contribution in [0.2, 0.25) is 0 Å². The molecule has 0 aromatic rings. The predicted octanol–water partition coefficient (Wildman–Crippen LogP) is 1.17. The highest BCUT2D eigenvalue weighted by Crippen LogP contribution is 1.51. The molecule has 0 heterocycles. The number of rotatable bonds is 0. The summed E-state index contributed by atoms with van der Waals surface area (Å²) in [6, 6.07) is 0. The van der Waals surface area contributed by atoms with E-state index < -0.39 is 0 Å². The minimum Gasteiger partial charge on any atom is -0.370 e. The van der Waals surface area contributed by atoms with Crippen LogP contribution in [0.1, 0.15) is 34.6 Å². The van der Waals surface area contributed by atoms with Crippen LogP contribution in [-0.4, -0.2) is 14.3 Å². The van der Waals surface area contributed by atoms with Crippen LogP contribution in [0.25, 0.3) is 0 Å². The topological polar surface area (TPSA) is 43.1 Å². The van der Waals surface area contributed by atoms with E-state index in [2.05, 4.69) is 41.3 Å². The van der Waals surface area contributed by atoms with Crippen LogP contribution in [0.5, 0.6) is 0 Å². The second kappa shape index (κ2) is 29.5. The zero-order valence-corrected chi connectivity index (χ0v) is 10.1. The van der Waals surface area contributed by atoms with Crippen molar-refractivity contribution in [2.45, 2.75) is 34.6 Å². The van der Waals surface area contributed by atoms with Gasteiger partial charge in [-0.2, -0.15) is 0 Å². The summed E-state index contributed by atoms with van der Waals surface area (Å²) in [5.74, 6) is 15.2. The van der Waals surface area contributed by atoms with Gasteiger partial charge in [0, 0.05) is 15.3 Å². The molecule has 0 saturated heterocycles. The van der Waals surface area contributed by atoms with Crippen molar-refractivity contribution in [1.82, 2.24) is 0 Å². The Hall–Kier alpha value is -1.79. The minimum absolute atomic E-state index is 0.